The standard InChI is InChI=1S/C19H16IN3O4/c1-22-18(15(20)11-21-22)19(24)14-10-12(7-8-16(14)23(25)26)9-13-5-3-4-6-17(13)27-2/h3-8,10-11H,9H2,1-2H3. The highest BCUT2D eigenvalue weighted by atomic mass is 127. The Balaban J connectivity index is 2.06. The number of methoxy groups -OCH3 is 1. The highest BCUT2D eigenvalue weighted by Crippen LogP contribution is 2.27. The second-order valence-corrected chi connectivity index (χ2v) is 7.05. The first-order valence-corrected chi connectivity index (χ1v) is 9.11. The Kier molecular flexibility index (Phi) is 5.54. The minimum absolute atomic E-state index is 0.0499. The molecule has 0 unspecified atom stereocenters. The van der Waals surface area contributed by atoms with Gasteiger partial charge in [0.1, 0.15) is 17.0 Å². The van der Waals surface area contributed by atoms with Crippen LogP contribution in [0.4, 0.5) is 5.69 Å². The van der Waals surface area contributed by atoms with Gasteiger partial charge in [-0.2, -0.15) is 5.10 Å². The third-order valence-corrected chi connectivity index (χ3v) is 4.99. The molecule has 2 aromatic carbocycles. The molecule has 1 aromatic heterocycles. The van der Waals surface area contributed by atoms with Crippen molar-refractivity contribution < 1.29 is 14.5 Å². The van der Waals surface area contributed by atoms with Crippen LogP contribution in [0, 0.1) is 13.7 Å². The number of halogens is 1. The van der Waals surface area contributed by atoms with Gasteiger partial charge in [-0.15, -0.1) is 0 Å². The molecule has 0 N–H and O–H groups in total. The number of ketones is 1. The fourth-order valence-electron chi connectivity index (χ4n) is 2.90. The fourth-order valence-corrected chi connectivity index (χ4v) is 3.62. The van der Waals surface area contributed by atoms with Crippen LogP contribution in [0.25, 0.3) is 0 Å². The van der Waals surface area contributed by atoms with Crippen LogP contribution in [-0.4, -0.2) is 27.6 Å². The van der Waals surface area contributed by atoms with Crippen molar-refractivity contribution in [2.24, 2.45) is 7.05 Å². The lowest BCUT2D eigenvalue weighted by Gasteiger charge is -2.10. The van der Waals surface area contributed by atoms with Crippen LogP contribution >= 0.6 is 22.6 Å². The molecule has 0 spiro atoms. The second kappa shape index (κ2) is 7.87. The van der Waals surface area contributed by atoms with Crippen LogP contribution in [0.5, 0.6) is 5.75 Å². The van der Waals surface area contributed by atoms with Gasteiger partial charge in [0.15, 0.2) is 0 Å². The van der Waals surface area contributed by atoms with E-state index in [1.165, 1.54) is 10.7 Å². The lowest BCUT2D eigenvalue weighted by molar-refractivity contribution is -0.385. The molecule has 7 nitrogen and oxygen atoms in total. The summed E-state index contributed by atoms with van der Waals surface area (Å²) in [6.07, 6.45) is 2.04. The number of hydrogen-bond donors (Lipinski definition) is 0. The lowest BCUT2D eigenvalue weighted by Crippen LogP contribution is -2.12. The molecule has 8 heteroatoms. The van der Waals surface area contributed by atoms with E-state index < -0.39 is 10.7 Å². The average Bonchev–Trinajstić information content (AvgIpc) is 2.99. The summed E-state index contributed by atoms with van der Waals surface area (Å²) in [5.41, 5.74) is 1.87. The molecule has 1 heterocycles. The molecule has 0 aliphatic rings. The molecule has 0 bridgehead atoms. The van der Waals surface area contributed by atoms with Crippen LogP contribution in [0.1, 0.15) is 27.2 Å². The van der Waals surface area contributed by atoms with Gasteiger partial charge in [-0.05, 0) is 45.9 Å². The molecule has 3 rings (SSSR count). The van der Waals surface area contributed by atoms with Crippen molar-refractivity contribution >= 4 is 34.1 Å². The molecule has 0 radical (unpaired) electrons. The van der Waals surface area contributed by atoms with Crippen molar-refractivity contribution in [2.45, 2.75) is 6.42 Å². The molecule has 0 saturated heterocycles. The van der Waals surface area contributed by atoms with E-state index in [2.05, 4.69) is 5.10 Å². The van der Waals surface area contributed by atoms with E-state index in [-0.39, 0.29) is 11.3 Å². The van der Waals surface area contributed by atoms with Crippen molar-refractivity contribution in [1.29, 1.82) is 0 Å². The quantitative estimate of drug-likeness (QED) is 0.234. The number of benzene rings is 2. The van der Waals surface area contributed by atoms with Gasteiger partial charge in [0.25, 0.3) is 5.69 Å². The monoisotopic (exact) mass is 477 g/mol. The summed E-state index contributed by atoms with van der Waals surface area (Å²) in [4.78, 5) is 23.9. The molecule has 0 fully saturated rings. The zero-order valence-electron chi connectivity index (χ0n) is 14.7. The van der Waals surface area contributed by atoms with Crippen molar-refractivity contribution in [3.63, 3.8) is 0 Å². The number of ether oxygens (including phenoxy) is 1. The number of aryl methyl sites for hydroxylation is 1. The van der Waals surface area contributed by atoms with Gasteiger partial charge < -0.3 is 4.74 Å². The Morgan fingerprint density at radius 2 is 2.04 bits per heavy atom. The van der Waals surface area contributed by atoms with Gasteiger partial charge in [-0.25, -0.2) is 0 Å². The summed E-state index contributed by atoms with van der Waals surface area (Å²) in [6, 6.07) is 12.2. The SMILES string of the molecule is COc1ccccc1Cc1ccc([N+](=O)[O-])c(C(=O)c2c(I)cnn2C)c1. The van der Waals surface area contributed by atoms with Crippen LogP contribution in [0.3, 0.4) is 0 Å². The summed E-state index contributed by atoms with van der Waals surface area (Å²) in [5, 5.41) is 15.5. The molecule has 0 aliphatic heterocycles. The van der Waals surface area contributed by atoms with Crippen molar-refractivity contribution in [2.75, 3.05) is 7.11 Å². The summed E-state index contributed by atoms with van der Waals surface area (Å²) < 4.78 is 7.43. The maximum Gasteiger partial charge on any atom is 0.280 e. The van der Waals surface area contributed by atoms with Gasteiger partial charge in [-0.3, -0.25) is 19.6 Å². The van der Waals surface area contributed by atoms with Gasteiger partial charge in [0, 0.05) is 19.5 Å². The summed E-state index contributed by atoms with van der Waals surface area (Å²) >= 11 is 2.00. The number of carbonyl (C=O) groups excluding carboxylic acids is 1. The Morgan fingerprint density at radius 1 is 1.30 bits per heavy atom. The summed E-state index contributed by atoms with van der Waals surface area (Å²) in [7, 11) is 3.23. The molecule has 0 amide bonds. The third kappa shape index (κ3) is 3.85. The van der Waals surface area contributed by atoms with E-state index in [9.17, 15) is 14.9 Å². The largest absolute Gasteiger partial charge is 0.496 e. The normalized spacial score (nSPS) is 10.6. The number of aromatic nitrogens is 2. The van der Waals surface area contributed by atoms with Gasteiger partial charge in [0.05, 0.1) is 21.8 Å². The molecule has 0 saturated carbocycles. The van der Waals surface area contributed by atoms with Crippen molar-refractivity contribution in [3.05, 3.63) is 84.7 Å². The topological polar surface area (TPSA) is 87.3 Å². The Bertz CT molecular complexity index is 1010. The number of nitrogens with zero attached hydrogens (tertiary/aromatic N) is 3. The van der Waals surface area contributed by atoms with Gasteiger partial charge in [0.2, 0.25) is 5.78 Å². The molecule has 138 valence electrons. The first-order valence-electron chi connectivity index (χ1n) is 8.03. The van der Waals surface area contributed by atoms with Crippen LogP contribution in [-0.2, 0) is 13.5 Å². The Labute approximate surface area is 169 Å². The number of rotatable bonds is 6. The van der Waals surface area contributed by atoms with Gasteiger partial charge in [-0.1, -0.05) is 24.3 Å². The zero-order chi connectivity index (χ0) is 19.6. The molecule has 3 aromatic rings. The van der Waals surface area contributed by atoms with E-state index in [1.54, 1.807) is 32.5 Å². The first-order chi connectivity index (χ1) is 12.9. The number of para-hydroxylation sites is 1. The number of nitro benzene ring substituents is 1. The van der Waals surface area contributed by atoms with E-state index >= 15 is 0 Å². The predicted octanol–water partition coefficient (Wildman–Crippen LogP) is 3.76. The third-order valence-electron chi connectivity index (χ3n) is 4.20. The minimum Gasteiger partial charge on any atom is -0.496 e. The lowest BCUT2D eigenvalue weighted by atomic mass is 9.98. The van der Waals surface area contributed by atoms with E-state index in [1.807, 2.05) is 46.9 Å². The highest BCUT2D eigenvalue weighted by Gasteiger charge is 2.26. The maximum atomic E-state index is 13.0. The zero-order valence-corrected chi connectivity index (χ0v) is 16.8. The van der Waals surface area contributed by atoms with E-state index in [0.29, 0.717) is 15.7 Å². The highest BCUT2D eigenvalue weighted by molar-refractivity contribution is 14.1. The average molecular weight is 477 g/mol. The molecular weight excluding hydrogens is 461 g/mol. The number of nitro groups is 1. The van der Waals surface area contributed by atoms with Crippen molar-refractivity contribution in [1.82, 2.24) is 9.78 Å². The van der Waals surface area contributed by atoms with E-state index in [0.717, 1.165) is 16.9 Å². The molecule has 27 heavy (non-hydrogen) atoms. The van der Waals surface area contributed by atoms with Gasteiger partial charge >= 0.3 is 0 Å². The number of hydrogen-bond acceptors (Lipinski definition) is 5. The predicted molar refractivity (Wildman–Crippen MR) is 108 cm³/mol. The number of carbonyl (C=O) groups is 1. The molecule has 0 aliphatic carbocycles. The van der Waals surface area contributed by atoms with E-state index in [4.69, 9.17) is 4.74 Å². The Hall–Kier alpha value is -2.75. The first kappa shape index (κ1) is 19.0. The summed E-state index contributed by atoms with van der Waals surface area (Å²) in [5.74, 6) is 0.304. The van der Waals surface area contributed by atoms with Crippen LogP contribution in [0.2, 0.25) is 0 Å². The van der Waals surface area contributed by atoms with Crippen LogP contribution in [0.15, 0.2) is 48.7 Å². The Morgan fingerprint density at radius 3 is 2.67 bits per heavy atom. The fraction of sp³-hybridized carbons (Fsp3) is 0.158. The molecule has 0 atom stereocenters. The minimum atomic E-state index is -0.538. The van der Waals surface area contributed by atoms with Crippen LogP contribution < -0.4 is 4.74 Å². The maximum absolute atomic E-state index is 13.0. The van der Waals surface area contributed by atoms with Crippen molar-refractivity contribution in [3.8, 4) is 5.75 Å². The molecular formula is C19H16IN3O4. The smallest absolute Gasteiger partial charge is 0.280 e. The second-order valence-electron chi connectivity index (χ2n) is 5.89. The summed E-state index contributed by atoms with van der Waals surface area (Å²) in [6.45, 7) is 0.